The first-order valence-corrected chi connectivity index (χ1v) is 11.3. The van der Waals surface area contributed by atoms with E-state index in [4.69, 9.17) is 18.9 Å². The van der Waals surface area contributed by atoms with Gasteiger partial charge in [-0.2, -0.15) is 0 Å². The number of ketones is 1. The Bertz CT molecular complexity index is 924. The quantitative estimate of drug-likeness (QED) is 0.421. The molecule has 1 aliphatic rings. The molecule has 0 unspecified atom stereocenters. The lowest BCUT2D eigenvalue weighted by Gasteiger charge is -2.11. The molecule has 0 N–H and O–H groups in total. The molecule has 32 heavy (non-hydrogen) atoms. The van der Waals surface area contributed by atoms with E-state index in [0.717, 1.165) is 46.6 Å². The first-order chi connectivity index (χ1) is 15.6. The van der Waals surface area contributed by atoms with Crippen LogP contribution in [0.15, 0.2) is 47.5 Å². The summed E-state index contributed by atoms with van der Waals surface area (Å²) in [4.78, 5) is 13.0. The highest BCUT2D eigenvalue weighted by atomic mass is 16.5. The first kappa shape index (κ1) is 23.5. The van der Waals surface area contributed by atoms with Gasteiger partial charge in [0.05, 0.1) is 26.4 Å². The van der Waals surface area contributed by atoms with Gasteiger partial charge in [0.2, 0.25) is 0 Å². The van der Waals surface area contributed by atoms with E-state index in [0.29, 0.717) is 37.9 Å². The fourth-order valence-corrected chi connectivity index (χ4v) is 3.70. The van der Waals surface area contributed by atoms with Crippen molar-refractivity contribution in [1.82, 2.24) is 0 Å². The molecule has 2 aromatic rings. The Hall–Kier alpha value is -3.21. The number of carbonyl (C=O) groups excluding carboxylic acids is 1. The standard InChI is InChI=1S/C27H32O5/c1-5-29-23-13-9-19(17-25(23)31-7-3)15-21-11-12-22(27(21)28)16-20-10-14-24(30-6-2)26(18-20)32-8-4/h9-10,13-18H,5-8,11-12H2,1-4H3. The summed E-state index contributed by atoms with van der Waals surface area (Å²) in [7, 11) is 0. The van der Waals surface area contributed by atoms with Gasteiger partial charge < -0.3 is 18.9 Å². The van der Waals surface area contributed by atoms with E-state index in [9.17, 15) is 4.79 Å². The van der Waals surface area contributed by atoms with Gasteiger partial charge >= 0.3 is 0 Å². The van der Waals surface area contributed by atoms with Gasteiger partial charge in [0.15, 0.2) is 28.8 Å². The van der Waals surface area contributed by atoms with E-state index in [1.165, 1.54) is 0 Å². The molecular weight excluding hydrogens is 404 g/mol. The van der Waals surface area contributed by atoms with Crippen LogP contribution in [-0.2, 0) is 4.79 Å². The van der Waals surface area contributed by atoms with E-state index in [-0.39, 0.29) is 5.78 Å². The summed E-state index contributed by atoms with van der Waals surface area (Å²) in [5.74, 6) is 2.92. The lowest BCUT2D eigenvalue weighted by atomic mass is 10.1. The molecule has 5 heteroatoms. The largest absolute Gasteiger partial charge is 0.490 e. The van der Waals surface area contributed by atoms with E-state index in [1.54, 1.807) is 0 Å². The highest BCUT2D eigenvalue weighted by molar-refractivity contribution is 6.15. The fourth-order valence-electron chi connectivity index (χ4n) is 3.70. The number of rotatable bonds is 10. The van der Waals surface area contributed by atoms with Crippen LogP contribution in [0.3, 0.4) is 0 Å². The molecular formula is C27H32O5. The maximum absolute atomic E-state index is 13.0. The molecule has 170 valence electrons. The molecule has 0 spiro atoms. The van der Waals surface area contributed by atoms with Gasteiger partial charge in [-0.15, -0.1) is 0 Å². The summed E-state index contributed by atoms with van der Waals surface area (Å²) in [5, 5.41) is 0. The Kier molecular flexibility index (Phi) is 8.37. The van der Waals surface area contributed by atoms with Gasteiger partial charge in [0.1, 0.15) is 0 Å². The van der Waals surface area contributed by atoms with Crippen LogP contribution in [0.5, 0.6) is 23.0 Å². The number of ether oxygens (including phenoxy) is 4. The molecule has 1 fully saturated rings. The van der Waals surface area contributed by atoms with Crippen molar-refractivity contribution in [1.29, 1.82) is 0 Å². The number of Topliss-reactive ketones (excluding diaryl/α,β-unsaturated/α-hetero) is 1. The average molecular weight is 437 g/mol. The van der Waals surface area contributed by atoms with Crippen LogP contribution in [-0.4, -0.2) is 32.2 Å². The zero-order valence-corrected chi connectivity index (χ0v) is 19.4. The predicted octanol–water partition coefficient (Wildman–Crippen LogP) is 6.11. The third-order valence-corrected chi connectivity index (χ3v) is 5.06. The van der Waals surface area contributed by atoms with Crippen LogP contribution in [0.1, 0.15) is 51.7 Å². The van der Waals surface area contributed by atoms with Crippen molar-refractivity contribution in [2.24, 2.45) is 0 Å². The number of allylic oxidation sites excluding steroid dienone is 2. The van der Waals surface area contributed by atoms with Gasteiger partial charge in [-0.05, 0) is 88.1 Å². The van der Waals surface area contributed by atoms with Gasteiger partial charge in [0.25, 0.3) is 0 Å². The van der Waals surface area contributed by atoms with E-state index in [2.05, 4.69) is 0 Å². The summed E-state index contributed by atoms with van der Waals surface area (Å²) in [5.41, 5.74) is 3.47. The van der Waals surface area contributed by atoms with Crippen molar-refractivity contribution in [3.8, 4) is 23.0 Å². The topological polar surface area (TPSA) is 54.0 Å². The zero-order valence-electron chi connectivity index (χ0n) is 19.4. The second-order valence-corrected chi connectivity index (χ2v) is 7.31. The predicted molar refractivity (Wildman–Crippen MR) is 128 cm³/mol. The summed E-state index contributed by atoms with van der Waals surface area (Å²) in [6, 6.07) is 11.6. The van der Waals surface area contributed by atoms with Crippen LogP contribution in [0.2, 0.25) is 0 Å². The third kappa shape index (κ3) is 5.72. The fraction of sp³-hybridized carbons (Fsp3) is 0.370. The Labute approximate surface area is 190 Å². The minimum Gasteiger partial charge on any atom is -0.490 e. The van der Waals surface area contributed by atoms with Gasteiger partial charge in [-0.3, -0.25) is 4.79 Å². The van der Waals surface area contributed by atoms with Crippen LogP contribution in [0.4, 0.5) is 0 Å². The zero-order chi connectivity index (χ0) is 22.9. The molecule has 0 saturated heterocycles. The maximum atomic E-state index is 13.0. The monoisotopic (exact) mass is 436 g/mol. The number of benzene rings is 2. The molecule has 0 aliphatic heterocycles. The van der Waals surface area contributed by atoms with E-state index in [1.807, 2.05) is 76.2 Å². The molecule has 0 bridgehead atoms. The second kappa shape index (κ2) is 11.4. The molecule has 0 heterocycles. The van der Waals surface area contributed by atoms with Crippen molar-refractivity contribution < 1.29 is 23.7 Å². The molecule has 0 radical (unpaired) electrons. The van der Waals surface area contributed by atoms with Crippen molar-refractivity contribution in [2.45, 2.75) is 40.5 Å². The van der Waals surface area contributed by atoms with Gasteiger partial charge in [0, 0.05) is 11.1 Å². The highest BCUT2D eigenvalue weighted by Crippen LogP contribution is 2.34. The number of hydrogen-bond donors (Lipinski definition) is 0. The molecule has 2 aromatic carbocycles. The SMILES string of the molecule is CCOc1ccc(C=C2CCC(=Cc3ccc(OCC)c(OCC)c3)C2=O)cc1OCC. The molecule has 0 aromatic heterocycles. The van der Waals surface area contributed by atoms with Crippen molar-refractivity contribution in [3.05, 3.63) is 58.7 Å². The van der Waals surface area contributed by atoms with Gasteiger partial charge in [-0.25, -0.2) is 0 Å². The minimum absolute atomic E-state index is 0.0867. The summed E-state index contributed by atoms with van der Waals surface area (Å²) in [6.07, 6.45) is 5.34. The first-order valence-electron chi connectivity index (χ1n) is 11.3. The summed E-state index contributed by atoms with van der Waals surface area (Å²) in [6.45, 7) is 10.0. The molecule has 3 rings (SSSR count). The molecule has 1 aliphatic carbocycles. The highest BCUT2D eigenvalue weighted by Gasteiger charge is 2.23. The number of carbonyl (C=O) groups is 1. The van der Waals surface area contributed by atoms with E-state index < -0.39 is 0 Å². The van der Waals surface area contributed by atoms with Crippen LogP contribution in [0.25, 0.3) is 12.2 Å². The Morgan fingerprint density at radius 3 is 1.38 bits per heavy atom. The lowest BCUT2D eigenvalue weighted by Crippen LogP contribution is -1.99. The maximum Gasteiger partial charge on any atom is 0.185 e. The second-order valence-electron chi connectivity index (χ2n) is 7.31. The lowest BCUT2D eigenvalue weighted by molar-refractivity contribution is -0.111. The van der Waals surface area contributed by atoms with Gasteiger partial charge in [-0.1, -0.05) is 12.1 Å². The molecule has 0 amide bonds. The average Bonchev–Trinajstić information content (AvgIpc) is 3.11. The Morgan fingerprint density at radius 1 is 0.625 bits per heavy atom. The van der Waals surface area contributed by atoms with Crippen LogP contribution < -0.4 is 18.9 Å². The number of hydrogen-bond acceptors (Lipinski definition) is 5. The smallest absolute Gasteiger partial charge is 0.185 e. The van der Waals surface area contributed by atoms with Crippen molar-refractivity contribution in [3.63, 3.8) is 0 Å². The van der Waals surface area contributed by atoms with Crippen molar-refractivity contribution >= 4 is 17.9 Å². The van der Waals surface area contributed by atoms with E-state index >= 15 is 0 Å². The third-order valence-electron chi connectivity index (χ3n) is 5.06. The minimum atomic E-state index is 0.0867. The van der Waals surface area contributed by atoms with Crippen molar-refractivity contribution in [2.75, 3.05) is 26.4 Å². The Balaban J connectivity index is 1.82. The Morgan fingerprint density at radius 2 is 1.00 bits per heavy atom. The molecule has 0 atom stereocenters. The summed E-state index contributed by atoms with van der Waals surface area (Å²) < 4.78 is 22.7. The van der Waals surface area contributed by atoms with Crippen LogP contribution in [0, 0.1) is 0 Å². The molecule has 5 nitrogen and oxygen atoms in total. The normalized spacial score (nSPS) is 15.9. The summed E-state index contributed by atoms with van der Waals surface area (Å²) >= 11 is 0. The van der Waals surface area contributed by atoms with Crippen LogP contribution >= 0.6 is 0 Å². The molecule has 1 saturated carbocycles.